The summed E-state index contributed by atoms with van der Waals surface area (Å²) in [6.45, 7) is -0.783. The Morgan fingerprint density at radius 1 is 1.40 bits per heavy atom. The van der Waals surface area contributed by atoms with Crippen molar-refractivity contribution >= 4 is 11.7 Å². The molecule has 0 radical (unpaired) electrons. The molecule has 0 saturated heterocycles. The molecule has 0 unspecified atom stereocenters. The fraction of sp³-hybridized carbons (Fsp3) is 0.364. The van der Waals surface area contributed by atoms with E-state index in [0.29, 0.717) is 0 Å². The average Bonchev–Trinajstić information content (AvgIpc) is 2.35. The van der Waals surface area contributed by atoms with Gasteiger partial charge in [0.15, 0.2) is 5.75 Å². The van der Waals surface area contributed by atoms with Crippen LogP contribution < -0.4 is 4.74 Å². The molecule has 1 rings (SSSR count). The summed E-state index contributed by atoms with van der Waals surface area (Å²) < 4.78 is 45.1. The molecule has 1 aromatic carbocycles. The Bertz CT molecular complexity index is 515. The van der Waals surface area contributed by atoms with Gasteiger partial charge >= 0.3 is 17.8 Å². The van der Waals surface area contributed by atoms with Gasteiger partial charge in [0.25, 0.3) is 0 Å². The number of nitro benzene ring substituents is 1. The summed E-state index contributed by atoms with van der Waals surface area (Å²) in [5.41, 5.74) is -0.583. The van der Waals surface area contributed by atoms with Crippen LogP contribution in [0.3, 0.4) is 0 Å². The lowest BCUT2D eigenvalue weighted by atomic mass is 10.2. The molecule has 0 aliphatic heterocycles. The van der Waals surface area contributed by atoms with E-state index in [0.717, 1.165) is 25.3 Å². The number of methoxy groups -OCH3 is 1. The van der Waals surface area contributed by atoms with Crippen LogP contribution in [0.4, 0.5) is 18.9 Å². The molecule has 0 aliphatic rings. The lowest BCUT2D eigenvalue weighted by molar-refractivity contribution is -0.385. The summed E-state index contributed by atoms with van der Waals surface area (Å²) in [5, 5.41) is 10.7. The second-order valence-electron chi connectivity index (χ2n) is 3.64. The predicted molar refractivity (Wildman–Crippen MR) is 60.6 cm³/mol. The number of hydrogen-bond acceptors (Lipinski definition) is 5. The fourth-order valence-electron chi connectivity index (χ4n) is 1.30. The highest BCUT2D eigenvalue weighted by Gasteiger charge is 2.28. The zero-order valence-electron chi connectivity index (χ0n) is 10.3. The van der Waals surface area contributed by atoms with E-state index >= 15 is 0 Å². The second-order valence-corrected chi connectivity index (χ2v) is 3.64. The Labute approximate surface area is 111 Å². The number of ether oxygens (including phenoxy) is 2. The number of alkyl halides is 3. The first-order valence-electron chi connectivity index (χ1n) is 5.31. The minimum Gasteiger partial charge on any atom is -0.486 e. The van der Waals surface area contributed by atoms with E-state index in [1.54, 1.807) is 0 Å². The number of hydrogen-bond donors (Lipinski definition) is 0. The number of nitrogens with zero attached hydrogens (tertiary/aromatic N) is 1. The van der Waals surface area contributed by atoms with E-state index < -0.39 is 41.5 Å². The van der Waals surface area contributed by atoms with Crippen LogP contribution in [0, 0.1) is 10.1 Å². The van der Waals surface area contributed by atoms with Gasteiger partial charge < -0.3 is 9.47 Å². The van der Waals surface area contributed by atoms with Crippen LogP contribution in [-0.2, 0) is 4.74 Å². The van der Waals surface area contributed by atoms with Crippen LogP contribution in [0.2, 0.25) is 0 Å². The molecule has 20 heavy (non-hydrogen) atoms. The van der Waals surface area contributed by atoms with Crippen molar-refractivity contribution in [2.24, 2.45) is 0 Å². The van der Waals surface area contributed by atoms with E-state index in [-0.39, 0.29) is 5.56 Å². The molecule has 0 saturated carbocycles. The maximum absolute atomic E-state index is 12.0. The van der Waals surface area contributed by atoms with Gasteiger partial charge in [0.1, 0.15) is 0 Å². The maximum Gasteiger partial charge on any atom is 0.392 e. The highest BCUT2D eigenvalue weighted by Crippen LogP contribution is 2.29. The van der Waals surface area contributed by atoms with Crippen LogP contribution in [-0.4, -0.2) is 30.8 Å². The molecule has 0 bridgehead atoms. The molecule has 9 heteroatoms. The van der Waals surface area contributed by atoms with Gasteiger partial charge in [-0.15, -0.1) is 0 Å². The van der Waals surface area contributed by atoms with Crippen molar-refractivity contribution in [3.63, 3.8) is 0 Å². The molecule has 0 N–H and O–H groups in total. The predicted octanol–water partition coefficient (Wildman–Crippen LogP) is 2.71. The first-order valence-corrected chi connectivity index (χ1v) is 5.31. The van der Waals surface area contributed by atoms with Crippen LogP contribution >= 0.6 is 0 Å². The van der Waals surface area contributed by atoms with Gasteiger partial charge in [-0.1, -0.05) is 0 Å². The molecular weight excluding hydrogens is 283 g/mol. The monoisotopic (exact) mass is 293 g/mol. The molecule has 110 valence electrons. The van der Waals surface area contributed by atoms with E-state index in [2.05, 4.69) is 4.74 Å². The van der Waals surface area contributed by atoms with Crippen LogP contribution in [0.1, 0.15) is 16.8 Å². The first-order chi connectivity index (χ1) is 9.24. The molecule has 0 aliphatic carbocycles. The molecule has 0 amide bonds. The number of nitro groups is 1. The Morgan fingerprint density at radius 2 is 2.05 bits per heavy atom. The number of carbonyl (C=O) groups is 1. The van der Waals surface area contributed by atoms with Gasteiger partial charge in [-0.3, -0.25) is 10.1 Å². The van der Waals surface area contributed by atoms with E-state index in [1.807, 2.05) is 0 Å². The second kappa shape index (κ2) is 6.22. The third-order valence-electron chi connectivity index (χ3n) is 2.22. The normalized spacial score (nSPS) is 11.0. The fourth-order valence-corrected chi connectivity index (χ4v) is 1.30. The summed E-state index contributed by atoms with van der Waals surface area (Å²) in [7, 11) is 1.11. The van der Waals surface area contributed by atoms with Gasteiger partial charge in [-0.05, 0) is 6.07 Å². The van der Waals surface area contributed by atoms with Crippen molar-refractivity contribution in [3.8, 4) is 5.75 Å². The molecule has 0 atom stereocenters. The minimum atomic E-state index is -4.44. The Morgan fingerprint density at radius 3 is 2.55 bits per heavy atom. The van der Waals surface area contributed by atoms with Crippen molar-refractivity contribution in [2.45, 2.75) is 12.6 Å². The standard InChI is InChI=1S/C11H10F3NO5/c1-19-10(16)7-2-3-8(15(17)18)9(6-7)20-5-4-11(12,13)14/h2-3,6H,4-5H2,1H3. The Balaban J connectivity index is 2.94. The van der Waals surface area contributed by atoms with Crippen LogP contribution in [0.15, 0.2) is 18.2 Å². The third-order valence-corrected chi connectivity index (χ3v) is 2.22. The number of esters is 1. The largest absolute Gasteiger partial charge is 0.486 e. The van der Waals surface area contributed by atoms with Crippen LogP contribution in [0.5, 0.6) is 5.75 Å². The highest BCUT2D eigenvalue weighted by atomic mass is 19.4. The molecular formula is C11H10F3NO5. The summed E-state index contributed by atoms with van der Waals surface area (Å²) in [5.74, 6) is -1.19. The SMILES string of the molecule is COC(=O)c1ccc([N+](=O)[O-])c(OCCC(F)(F)F)c1. The minimum absolute atomic E-state index is 0.0555. The topological polar surface area (TPSA) is 78.7 Å². The summed E-state index contributed by atoms with van der Waals surface area (Å²) in [4.78, 5) is 21.2. The number of carbonyl (C=O) groups excluding carboxylic acids is 1. The smallest absolute Gasteiger partial charge is 0.392 e. The van der Waals surface area contributed by atoms with Gasteiger partial charge in [-0.2, -0.15) is 13.2 Å². The van der Waals surface area contributed by atoms with Gasteiger partial charge in [0.05, 0.1) is 30.6 Å². The van der Waals surface area contributed by atoms with Crippen LogP contribution in [0.25, 0.3) is 0 Å². The van der Waals surface area contributed by atoms with Crippen molar-refractivity contribution in [1.29, 1.82) is 0 Å². The Kier molecular flexibility index (Phi) is 4.89. The lowest BCUT2D eigenvalue weighted by Crippen LogP contribution is -2.13. The molecule has 0 aromatic heterocycles. The lowest BCUT2D eigenvalue weighted by Gasteiger charge is -2.09. The van der Waals surface area contributed by atoms with Crippen molar-refractivity contribution in [1.82, 2.24) is 0 Å². The summed E-state index contributed by atoms with van der Waals surface area (Å²) >= 11 is 0. The quantitative estimate of drug-likeness (QED) is 0.474. The summed E-state index contributed by atoms with van der Waals surface area (Å²) in [6, 6.07) is 3.07. The van der Waals surface area contributed by atoms with Gasteiger partial charge in [0.2, 0.25) is 0 Å². The maximum atomic E-state index is 12.0. The third kappa shape index (κ3) is 4.41. The molecule has 6 nitrogen and oxygen atoms in total. The van der Waals surface area contributed by atoms with Crippen molar-refractivity contribution < 1.29 is 32.4 Å². The number of rotatable bonds is 5. The molecule has 0 spiro atoms. The number of benzene rings is 1. The molecule has 1 aromatic rings. The van der Waals surface area contributed by atoms with Crippen molar-refractivity contribution in [3.05, 3.63) is 33.9 Å². The zero-order chi connectivity index (χ0) is 15.3. The first kappa shape index (κ1) is 15.7. The highest BCUT2D eigenvalue weighted by molar-refractivity contribution is 5.90. The van der Waals surface area contributed by atoms with E-state index in [4.69, 9.17) is 4.74 Å². The van der Waals surface area contributed by atoms with Crippen molar-refractivity contribution in [2.75, 3.05) is 13.7 Å². The average molecular weight is 293 g/mol. The molecule has 0 fully saturated rings. The van der Waals surface area contributed by atoms with Gasteiger partial charge in [0, 0.05) is 12.1 Å². The summed E-state index contributed by atoms with van der Waals surface area (Å²) in [6.07, 6.45) is -5.69. The van der Waals surface area contributed by atoms with E-state index in [9.17, 15) is 28.1 Å². The number of halogens is 3. The zero-order valence-corrected chi connectivity index (χ0v) is 10.3. The molecule has 0 heterocycles. The van der Waals surface area contributed by atoms with E-state index in [1.165, 1.54) is 0 Å². The Hall–Kier alpha value is -2.32. The van der Waals surface area contributed by atoms with Gasteiger partial charge in [-0.25, -0.2) is 4.79 Å².